The molecule has 1 aromatic carbocycles. The van der Waals surface area contributed by atoms with Gasteiger partial charge in [-0.15, -0.1) is 0 Å². The standard InChI is InChI=1S/C16H12BrN3O4/c1-19-13-7-18-12(15(22)23)6-11(13)14(21)20(16(19)24)8-9-2-4-10(17)5-3-9/h2-7H,8H2,1H3,(H,22,23). The Morgan fingerprint density at radius 1 is 1.25 bits per heavy atom. The molecule has 0 unspecified atom stereocenters. The van der Waals surface area contributed by atoms with Gasteiger partial charge in [0.2, 0.25) is 0 Å². The molecule has 1 N–H and O–H groups in total. The molecule has 0 radical (unpaired) electrons. The van der Waals surface area contributed by atoms with E-state index in [4.69, 9.17) is 5.11 Å². The van der Waals surface area contributed by atoms with Crippen LogP contribution in [-0.4, -0.2) is 25.2 Å². The number of fused-ring (bicyclic) bond motifs is 1. The molecule has 2 aromatic heterocycles. The molecule has 0 amide bonds. The third-order valence-electron chi connectivity index (χ3n) is 3.71. The number of rotatable bonds is 3. The van der Waals surface area contributed by atoms with E-state index in [9.17, 15) is 14.4 Å². The van der Waals surface area contributed by atoms with E-state index in [1.54, 1.807) is 12.1 Å². The Kier molecular flexibility index (Phi) is 4.06. The molecule has 7 nitrogen and oxygen atoms in total. The normalized spacial score (nSPS) is 10.9. The Bertz CT molecular complexity index is 1070. The molecule has 3 rings (SSSR count). The number of benzene rings is 1. The molecule has 0 saturated heterocycles. The van der Waals surface area contributed by atoms with Gasteiger partial charge in [-0.25, -0.2) is 14.6 Å². The second-order valence-electron chi connectivity index (χ2n) is 5.25. The maximum atomic E-state index is 12.7. The molecule has 0 spiro atoms. The van der Waals surface area contributed by atoms with Crippen molar-refractivity contribution in [3.8, 4) is 0 Å². The van der Waals surface area contributed by atoms with Crippen molar-refractivity contribution >= 4 is 32.8 Å². The first-order chi connectivity index (χ1) is 11.4. The molecule has 24 heavy (non-hydrogen) atoms. The molecule has 3 aromatic rings. The SMILES string of the molecule is Cn1c(=O)n(Cc2ccc(Br)cc2)c(=O)c2cc(C(=O)O)ncc21. The van der Waals surface area contributed by atoms with Crippen molar-refractivity contribution in [1.29, 1.82) is 0 Å². The average molecular weight is 390 g/mol. The topological polar surface area (TPSA) is 94.2 Å². The Labute approximate surface area is 143 Å². The van der Waals surface area contributed by atoms with Gasteiger partial charge in [0, 0.05) is 11.5 Å². The Morgan fingerprint density at radius 2 is 1.92 bits per heavy atom. The number of pyridine rings is 1. The predicted octanol–water partition coefficient (Wildman–Crippen LogP) is 1.60. The van der Waals surface area contributed by atoms with Crippen LogP contribution in [0.2, 0.25) is 0 Å². The van der Waals surface area contributed by atoms with Crippen molar-refractivity contribution < 1.29 is 9.90 Å². The highest BCUT2D eigenvalue weighted by Gasteiger charge is 2.14. The van der Waals surface area contributed by atoms with Crippen LogP contribution in [0, 0.1) is 0 Å². The largest absolute Gasteiger partial charge is 0.477 e. The van der Waals surface area contributed by atoms with E-state index in [2.05, 4.69) is 20.9 Å². The van der Waals surface area contributed by atoms with Crippen LogP contribution >= 0.6 is 15.9 Å². The van der Waals surface area contributed by atoms with Gasteiger partial charge in [-0.05, 0) is 23.8 Å². The molecular weight excluding hydrogens is 378 g/mol. The summed E-state index contributed by atoms with van der Waals surface area (Å²) in [5.41, 5.74) is -0.194. The summed E-state index contributed by atoms with van der Waals surface area (Å²) in [5, 5.41) is 9.19. The maximum absolute atomic E-state index is 12.7. The summed E-state index contributed by atoms with van der Waals surface area (Å²) < 4.78 is 3.26. The summed E-state index contributed by atoms with van der Waals surface area (Å²) in [6, 6.07) is 8.43. The van der Waals surface area contributed by atoms with Gasteiger partial charge in [-0.3, -0.25) is 13.9 Å². The van der Waals surface area contributed by atoms with Crippen LogP contribution < -0.4 is 11.2 Å². The van der Waals surface area contributed by atoms with Gasteiger partial charge in [0.05, 0.1) is 23.6 Å². The molecule has 8 heteroatoms. The summed E-state index contributed by atoms with van der Waals surface area (Å²) in [5.74, 6) is -1.23. The van der Waals surface area contributed by atoms with Crippen LogP contribution in [0.4, 0.5) is 0 Å². The molecule has 122 valence electrons. The summed E-state index contributed by atoms with van der Waals surface area (Å²) >= 11 is 3.33. The zero-order chi connectivity index (χ0) is 17.4. The van der Waals surface area contributed by atoms with Gasteiger partial charge in [-0.2, -0.15) is 0 Å². The first-order valence-corrected chi connectivity index (χ1v) is 7.75. The van der Waals surface area contributed by atoms with Crippen molar-refractivity contribution in [2.24, 2.45) is 7.05 Å². The van der Waals surface area contributed by atoms with E-state index in [0.29, 0.717) is 5.52 Å². The second-order valence-corrected chi connectivity index (χ2v) is 6.17. The van der Waals surface area contributed by atoms with E-state index < -0.39 is 17.2 Å². The number of hydrogen-bond donors (Lipinski definition) is 1. The van der Waals surface area contributed by atoms with Crippen molar-refractivity contribution in [2.75, 3.05) is 0 Å². The van der Waals surface area contributed by atoms with E-state index >= 15 is 0 Å². The number of nitrogens with zero attached hydrogens (tertiary/aromatic N) is 3. The summed E-state index contributed by atoms with van der Waals surface area (Å²) in [4.78, 5) is 40.0. The van der Waals surface area contributed by atoms with Crippen molar-refractivity contribution in [3.05, 3.63) is 73.1 Å². The number of carboxylic acid groups (broad SMARTS) is 1. The number of carboxylic acids is 1. The van der Waals surface area contributed by atoms with E-state index in [1.807, 2.05) is 12.1 Å². The number of aryl methyl sites for hydroxylation is 1. The summed E-state index contributed by atoms with van der Waals surface area (Å²) in [6.07, 6.45) is 1.23. The van der Waals surface area contributed by atoms with Gasteiger partial charge in [-0.1, -0.05) is 28.1 Å². The third kappa shape index (κ3) is 2.76. The highest BCUT2D eigenvalue weighted by atomic mass is 79.9. The number of halogens is 1. The Balaban J connectivity index is 2.24. The van der Waals surface area contributed by atoms with E-state index in [1.165, 1.54) is 23.9 Å². The van der Waals surface area contributed by atoms with Gasteiger partial charge in [0.15, 0.2) is 0 Å². The maximum Gasteiger partial charge on any atom is 0.354 e. The Morgan fingerprint density at radius 3 is 2.54 bits per heavy atom. The minimum absolute atomic E-state index is 0.0967. The third-order valence-corrected chi connectivity index (χ3v) is 4.24. The van der Waals surface area contributed by atoms with Gasteiger partial charge in [0.25, 0.3) is 5.56 Å². The zero-order valence-electron chi connectivity index (χ0n) is 12.6. The average Bonchev–Trinajstić information content (AvgIpc) is 2.58. The molecule has 0 aliphatic carbocycles. The predicted molar refractivity (Wildman–Crippen MR) is 91.4 cm³/mol. The first-order valence-electron chi connectivity index (χ1n) is 6.96. The highest BCUT2D eigenvalue weighted by molar-refractivity contribution is 9.10. The monoisotopic (exact) mass is 389 g/mol. The zero-order valence-corrected chi connectivity index (χ0v) is 14.1. The second kappa shape index (κ2) is 6.04. The quantitative estimate of drug-likeness (QED) is 0.733. The van der Waals surface area contributed by atoms with Crippen LogP contribution in [0.15, 0.2) is 50.6 Å². The van der Waals surface area contributed by atoms with Crippen LogP contribution in [0.25, 0.3) is 10.9 Å². The molecule has 0 aliphatic heterocycles. The van der Waals surface area contributed by atoms with Crippen molar-refractivity contribution in [1.82, 2.24) is 14.1 Å². The molecule has 0 fully saturated rings. The van der Waals surface area contributed by atoms with E-state index in [0.717, 1.165) is 14.6 Å². The fourth-order valence-corrected chi connectivity index (χ4v) is 2.70. The summed E-state index contributed by atoms with van der Waals surface area (Å²) in [6.45, 7) is 0.0967. The van der Waals surface area contributed by atoms with Crippen LogP contribution in [0.5, 0.6) is 0 Å². The molecular formula is C16H12BrN3O4. The fraction of sp³-hybridized carbons (Fsp3) is 0.125. The van der Waals surface area contributed by atoms with E-state index in [-0.39, 0.29) is 17.6 Å². The molecule has 0 bridgehead atoms. The first kappa shape index (κ1) is 16.1. The lowest BCUT2D eigenvalue weighted by Crippen LogP contribution is -2.39. The molecule has 0 saturated carbocycles. The summed E-state index contributed by atoms with van der Waals surface area (Å²) in [7, 11) is 1.52. The van der Waals surface area contributed by atoms with Crippen molar-refractivity contribution in [3.63, 3.8) is 0 Å². The lowest BCUT2D eigenvalue weighted by molar-refractivity contribution is 0.0690. The molecule has 2 heterocycles. The van der Waals surface area contributed by atoms with Gasteiger partial charge >= 0.3 is 11.7 Å². The van der Waals surface area contributed by atoms with Crippen LogP contribution in [-0.2, 0) is 13.6 Å². The van der Waals surface area contributed by atoms with Crippen LogP contribution in [0.3, 0.4) is 0 Å². The minimum atomic E-state index is -1.23. The Hall–Kier alpha value is -2.74. The molecule has 0 atom stereocenters. The van der Waals surface area contributed by atoms with Crippen LogP contribution in [0.1, 0.15) is 16.1 Å². The number of aromatic nitrogens is 3. The van der Waals surface area contributed by atoms with Gasteiger partial charge in [0.1, 0.15) is 5.69 Å². The van der Waals surface area contributed by atoms with Crippen molar-refractivity contribution in [2.45, 2.75) is 6.54 Å². The number of hydrogen-bond acceptors (Lipinski definition) is 4. The number of carbonyl (C=O) groups is 1. The van der Waals surface area contributed by atoms with Gasteiger partial charge < -0.3 is 5.11 Å². The fourth-order valence-electron chi connectivity index (χ4n) is 2.43. The smallest absolute Gasteiger partial charge is 0.354 e. The minimum Gasteiger partial charge on any atom is -0.477 e. The highest BCUT2D eigenvalue weighted by Crippen LogP contribution is 2.12. The lowest BCUT2D eigenvalue weighted by atomic mass is 10.2. The lowest BCUT2D eigenvalue weighted by Gasteiger charge is -2.11. The number of aromatic carboxylic acids is 1. The molecule has 0 aliphatic rings.